The monoisotopic (exact) mass is 649 g/mol. The van der Waals surface area contributed by atoms with Gasteiger partial charge in [-0.1, -0.05) is 11.6 Å². The summed E-state index contributed by atoms with van der Waals surface area (Å²) >= 11 is 7.62. The average molecular weight is 650 g/mol. The zero-order valence-corrected chi connectivity index (χ0v) is 25.8. The summed E-state index contributed by atoms with van der Waals surface area (Å²) in [5.74, 6) is -3.72. The molecule has 1 N–H and O–H groups in total. The minimum absolute atomic E-state index is 0.0175. The lowest BCUT2D eigenvalue weighted by molar-refractivity contribution is -0.0412. The van der Waals surface area contributed by atoms with Gasteiger partial charge in [0.25, 0.3) is 5.56 Å². The van der Waals surface area contributed by atoms with Crippen molar-refractivity contribution >= 4 is 50.0 Å². The number of rotatable bonds is 7. The zero-order chi connectivity index (χ0) is 32.0. The quantitative estimate of drug-likeness (QED) is 0.195. The van der Waals surface area contributed by atoms with E-state index in [-0.39, 0.29) is 47.3 Å². The molecular weight excluding hydrogens is 624 g/mol. The lowest BCUT2D eigenvalue weighted by Gasteiger charge is -2.29. The van der Waals surface area contributed by atoms with Gasteiger partial charge >= 0.3 is 5.97 Å². The topological polar surface area (TPSA) is 131 Å². The SMILES string of the molecule is Cc1cc(-c2cc(Cl)ccc2OCCn2c(C)nc3cnc(C4CCCC(F)(F)C4)c(C#N)c3c2=O)c2scc(C(=O)O)c2n1. The second-order valence-electron chi connectivity index (χ2n) is 11.1. The summed E-state index contributed by atoms with van der Waals surface area (Å²) < 4.78 is 36.7. The molecule has 1 unspecified atom stereocenters. The van der Waals surface area contributed by atoms with Gasteiger partial charge in [0, 0.05) is 46.0 Å². The number of aryl methyl sites for hydroxylation is 2. The van der Waals surface area contributed by atoms with Gasteiger partial charge in [0.2, 0.25) is 5.92 Å². The highest BCUT2D eigenvalue weighted by atomic mass is 35.5. The highest BCUT2D eigenvalue weighted by Crippen LogP contribution is 2.43. The molecule has 0 aliphatic heterocycles. The number of pyridine rings is 2. The molecule has 9 nitrogen and oxygen atoms in total. The second-order valence-corrected chi connectivity index (χ2v) is 12.4. The van der Waals surface area contributed by atoms with E-state index in [1.165, 1.54) is 22.1 Å². The number of thiophene rings is 1. The third-order valence-electron chi connectivity index (χ3n) is 8.04. The standard InChI is InChI=1S/C32H26ClF2N5O4S/c1-16-10-21(29-28(38-16)23(15-45-29)31(42)43)20-11-19(33)5-6-25(20)44-9-8-40-17(2)39-24-14-37-27(22(13-36)26(24)30(40)41)18-4-3-7-32(34,35)12-18/h5-6,10-11,14-15,18H,3-4,7-9,12H2,1-2H3,(H,42,43). The number of aromatic carboxylic acids is 1. The van der Waals surface area contributed by atoms with E-state index in [0.29, 0.717) is 56.5 Å². The Labute approximate surface area is 264 Å². The number of benzene rings is 1. The van der Waals surface area contributed by atoms with Gasteiger partial charge in [0.05, 0.1) is 50.7 Å². The predicted molar refractivity (Wildman–Crippen MR) is 167 cm³/mol. The summed E-state index contributed by atoms with van der Waals surface area (Å²) in [6.07, 6.45) is 1.52. The fraction of sp³-hybridized carbons (Fsp3) is 0.312. The minimum Gasteiger partial charge on any atom is -0.491 e. The maximum Gasteiger partial charge on any atom is 0.338 e. The number of carboxylic acid groups (broad SMARTS) is 1. The third kappa shape index (κ3) is 5.74. The molecule has 0 saturated heterocycles. The molecule has 230 valence electrons. The molecule has 45 heavy (non-hydrogen) atoms. The molecule has 5 aromatic rings. The van der Waals surface area contributed by atoms with Crippen LogP contribution in [-0.4, -0.2) is 43.1 Å². The van der Waals surface area contributed by atoms with Gasteiger partial charge in [-0.3, -0.25) is 19.3 Å². The highest BCUT2D eigenvalue weighted by Gasteiger charge is 2.38. The van der Waals surface area contributed by atoms with E-state index in [9.17, 15) is 28.7 Å². The third-order valence-corrected chi connectivity index (χ3v) is 9.28. The number of hydrogen-bond donors (Lipinski definition) is 1. The van der Waals surface area contributed by atoms with Crippen LogP contribution in [0.2, 0.25) is 5.02 Å². The Hall–Kier alpha value is -4.47. The van der Waals surface area contributed by atoms with Crippen LogP contribution in [0.5, 0.6) is 5.75 Å². The van der Waals surface area contributed by atoms with Gasteiger partial charge in [-0.2, -0.15) is 5.26 Å². The molecule has 1 atom stereocenters. The van der Waals surface area contributed by atoms with Gasteiger partial charge in [0.15, 0.2) is 0 Å². The summed E-state index contributed by atoms with van der Waals surface area (Å²) in [5, 5.41) is 21.7. The largest absolute Gasteiger partial charge is 0.491 e. The maximum absolute atomic E-state index is 14.2. The number of carbonyl (C=O) groups is 1. The Morgan fingerprint density at radius 3 is 2.80 bits per heavy atom. The number of nitrogens with zero attached hydrogens (tertiary/aromatic N) is 5. The van der Waals surface area contributed by atoms with Gasteiger partial charge < -0.3 is 9.84 Å². The number of carboxylic acids is 1. The highest BCUT2D eigenvalue weighted by molar-refractivity contribution is 7.18. The first-order valence-corrected chi connectivity index (χ1v) is 15.5. The number of nitriles is 1. The summed E-state index contributed by atoms with van der Waals surface area (Å²) in [7, 11) is 0. The van der Waals surface area contributed by atoms with Crippen molar-refractivity contribution in [3.63, 3.8) is 0 Å². The molecule has 0 amide bonds. The lowest BCUT2D eigenvalue weighted by Crippen LogP contribution is -2.29. The van der Waals surface area contributed by atoms with Crippen molar-refractivity contribution in [2.45, 2.75) is 57.9 Å². The molecule has 4 aromatic heterocycles. The Bertz CT molecular complexity index is 2110. The van der Waals surface area contributed by atoms with Crippen LogP contribution in [0.3, 0.4) is 0 Å². The summed E-state index contributed by atoms with van der Waals surface area (Å²) in [6.45, 7) is 3.54. The molecular formula is C32H26ClF2N5O4S. The van der Waals surface area contributed by atoms with Crippen molar-refractivity contribution in [2.24, 2.45) is 0 Å². The van der Waals surface area contributed by atoms with E-state index in [1.54, 1.807) is 37.4 Å². The van der Waals surface area contributed by atoms with Crippen LogP contribution in [0, 0.1) is 25.2 Å². The van der Waals surface area contributed by atoms with Gasteiger partial charge in [-0.25, -0.2) is 18.6 Å². The summed E-state index contributed by atoms with van der Waals surface area (Å²) in [4.78, 5) is 38.8. The Morgan fingerprint density at radius 1 is 1.27 bits per heavy atom. The minimum atomic E-state index is -2.85. The van der Waals surface area contributed by atoms with Gasteiger partial charge in [-0.05, 0) is 51.0 Å². The Kier molecular flexibility index (Phi) is 8.01. The van der Waals surface area contributed by atoms with Crippen molar-refractivity contribution < 1.29 is 23.4 Å². The number of hydrogen-bond acceptors (Lipinski definition) is 8. The first-order chi connectivity index (χ1) is 21.5. The summed E-state index contributed by atoms with van der Waals surface area (Å²) in [5.41, 5.74) is 2.37. The molecule has 0 bridgehead atoms. The molecule has 0 radical (unpaired) electrons. The van der Waals surface area contributed by atoms with Gasteiger partial charge in [0.1, 0.15) is 24.3 Å². The first kappa shape index (κ1) is 30.6. The zero-order valence-electron chi connectivity index (χ0n) is 24.2. The van der Waals surface area contributed by atoms with Crippen molar-refractivity contribution in [1.82, 2.24) is 19.5 Å². The molecule has 6 rings (SSSR count). The normalized spacial score (nSPS) is 16.1. The number of alkyl halides is 2. The van der Waals surface area contributed by atoms with Crippen LogP contribution in [0.1, 0.15) is 64.7 Å². The van der Waals surface area contributed by atoms with Crippen LogP contribution < -0.4 is 10.3 Å². The number of fused-ring (bicyclic) bond motifs is 2. The second kappa shape index (κ2) is 11.8. The summed E-state index contributed by atoms with van der Waals surface area (Å²) in [6, 6.07) is 8.97. The van der Waals surface area contributed by atoms with E-state index >= 15 is 0 Å². The molecule has 1 aliphatic rings. The fourth-order valence-corrected chi connectivity index (χ4v) is 7.18. The van der Waals surface area contributed by atoms with Gasteiger partial charge in [-0.15, -0.1) is 11.3 Å². The Morgan fingerprint density at radius 2 is 2.07 bits per heavy atom. The number of halogens is 3. The van der Waals surface area contributed by atoms with E-state index in [1.807, 2.05) is 12.1 Å². The van der Waals surface area contributed by atoms with E-state index < -0.39 is 29.8 Å². The average Bonchev–Trinajstić information content (AvgIpc) is 3.42. The molecule has 1 aromatic carbocycles. The predicted octanol–water partition coefficient (Wildman–Crippen LogP) is 7.28. The lowest BCUT2D eigenvalue weighted by atomic mass is 9.82. The molecule has 1 fully saturated rings. The van der Waals surface area contributed by atoms with Crippen molar-refractivity contribution in [2.75, 3.05) is 6.61 Å². The molecule has 13 heteroatoms. The number of ether oxygens (including phenoxy) is 1. The molecule has 1 aliphatic carbocycles. The fourth-order valence-electron chi connectivity index (χ4n) is 6.00. The van der Waals surface area contributed by atoms with Crippen molar-refractivity contribution in [1.29, 1.82) is 5.26 Å². The molecule has 4 heterocycles. The Balaban J connectivity index is 1.34. The van der Waals surface area contributed by atoms with Crippen LogP contribution in [0.25, 0.3) is 32.2 Å². The van der Waals surface area contributed by atoms with Crippen molar-refractivity contribution in [3.05, 3.63) is 79.6 Å². The van der Waals surface area contributed by atoms with Crippen LogP contribution in [0.15, 0.2) is 40.6 Å². The van der Waals surface area contributed by atoms with Crippen molar-refractivity contribution in [3.8, 4) is 22.9 Å². The smallest absolute Gasteiger partial charge is 0.338 e. The van der Waals surface area contributed by atoms with Crippen LogP contribution in [-0.2, 0) is 6.54 Å². The number of aromatic nitrogens is 4. The van der Waals surface area contributed by atoms with Crippen LogP contribution >= 0.6 is 22.9 Å². The van der Waals surface area contributed by atoms with E-state index in [4.69, 9.17) is 16.3 Å². The first-order valence-electron chi connectivity index (χ1n) is 14.2. The maximum atomic E-state index is 14.2. The van der Waals surface area contributed by atoms with Crippen LogP contribution in [0.4, 0.5) is 8.78 Å². The molecule has 1 saturated carbocycles. The van der Waals surface area contributed by atoms with E-state index in [2.05, 4.69) is 15.0 Å². The molecule has 0 spiro atoms. The van der Waals surface area contributed by atoms with E-state index in [0.717, 1.165) is 0 Å².